The van der Waals surface area contributed by atoms with Gasteiger partial charge in [0.05, 0.1) is 49.7 Å². The number of benzene rings is 3. The van der Waals surface area contributed by atoms with E-state index in [0.717, 1.165) is 6.07 Å². The SMILES string of the molecule is COc1ccc(CN2C(=O)Cc3c(C)nn(-c4nc5cc(C(F)(F)F)cc(F)c5[nH]4)c3C2c2cc(F)ccc2Cl)c(OC)c1. The van der Waals surface area contributed by atoms with Crippen molar-refractivity contribution in [3.05, 3.63) is 98.8 Å². The first-order chi connectivity index (χ1) is 20.9. The number of amides is 1. The molecule has 1 amide bonds. The number of H-pyrrole nitrogens is 1. The van der Waals surface area contributed by atoms with Crippen molar-refractivity contribution >= 4 is 28.5 Å². The first-order valence-electron chi connectivity index (χ1n) is 13.2. The number of aromatic amines is 1. The lowest BCUT2D eigenvalue weighted by Gasteiger charge is -2.37. The van der Waals surface area contributed by atoms with Crippen molar-refractivity contribution in [2.45, 2.75) is 32.1 Å². The summed E-state index contributed by atoms with van der Waals surface area (Å²) >= 11 is 6.61. The molecule has 0 fully saturated rings. The van der Waals surface area contributed by atoms with Crippen molar-refractivity contribution in [3.63, 3.8) is 0 Å². The fourth-order valence-electron chi connectivity index (χ4n) is 5.49. The lowest BCUT2D eigenvalue weighted by Crippen LogP contribution is -2.41. The second-order valence-corrected chi connectivity index (χ2v) is 10.6. The van der Waals surface area contributed by atoms with Crippen LogP contribution in [0, 0.1) is 18.6 Å². The summed E-state index contributed by atoms with van der Waals surface area (Å²) in [4.78, 5) is 22.2. The van der Waals surface area contributed by atoms with Crippen LogP contribution in [0.4, 0.5) is 22.0 Å². The van der Waals surface area contributed by atoms with Crippen LogP contribution in [0.15, 0.2) is 48.5 Å². The predicted molar refractivity (Wildman–Crippen MR) is 150 cm³/mol. The molecular formula is C30H23ClF5N5O3. The molecule has 8 nitrogen and oxygen atoms in total. The maximum atomic E-state index is 14.8. The van der Waals surface area contributed by atoms with E-state index in [2.05, 4.69) is 15.1 Å². The summed E-state index contributed by atoms with van der Waals surface area (Å²) in [6, 6.07) is 8.91. The van der Waals surface area contributed by atoms with Crippen molar-refractivity contribution in [1.29, 1.82) is 0 Å². The number of imidazole rings is 1. The van der Waals surface area contributed by atoms with E-state index in [1.54, 1.807) is 25.1 Å². The Morgan fingerprint density at radius 2 is 1.84 bits per heavy atom. The van der Waals surface area contributed by atoms with Gasteiger partial charge in [-0.05, 0) is 49.4 Å². The largest absolute Gasteiger partial charge is 0.497 e. The molecule has 228 valence electrons. The van der Waals surface area contributed by atoms with Gasteiger partial charge in [-0.25, -0.2) is 18.4 Å². The lowest BCUT2D eigenvalue weighted by molar-refractivity contribution is -0.137. The van der Waals surface area contributed by atoms with Gasteiger partial charge in [0.2, 0.25) is 11.9 Å². The third kappa shape index (κ3) is 5.00. The third-order valence-electron chi connectivity index (χ3n) is 7.59. The molecule has 1 atom stereocenters. The summed E-state index contributed by atoms with van der Waals surface area (Å²) in [6.45, 7) is 1.65. The van der Waals surface area contributed by atoms with Crippen LogP contribution >= 0.6 is 11.6 Å². The van der Waals surface area contributed by atoms with Gasteiger partial charge >= 0.3 is 6.18 Å². The van der Waals surface area contributed by atoms with Gasteiger partial charge in [-0.2, -0.15) is 18.3 Å². The number of nitrogens with one attached hydrogen (secondary N) is 1. The van der Waals surface area contributed by atoms with Gasteiger partial charge in [0.25, 0.3) is 0 Å². The quantitative estimate of drug-likeness (QED) is 0.211. The fourth-order valence-corrected chi connectivity index (χ4v) is 5.71. The molecule has 0 spiro atoms. The van der Waals surface area contributed by atoms with E-state index in [0.29, 0.717) is 40.1 Å². The number of carbonyl (C=O) groups is 1. The number of fused-ring (bicyclic) bond motifs is 2. The number of carbonyl (C=O) groups excluding carboxylic acids is 1. The summed E-state index contributed by atoms with van der Waals surface area (Å²) < 4.78 is 81.9. The van der Waals surface area contributed by atoms with E-state index in [1.165, 1.54) is 42.0 Å². The Bertz CT molecular complexity index is 1940. The number of aryl methyl sites for hydroxylation is 1. The molecule has 0 radical (unpaired) electrons. The van der Waals surface area contributed by atoms with E-state index < -0.39 is 29.4 Å². The zero-order chi connectivity index (χ0) is 31.5. The number of aromatic nitrogens is 4. The Balaban J connectivity index is 1.56. The number of hydrogen-bond acceptors (Lipinski definition) is 5. The molecule has 1 aliphatic heterocycles. The van der Waals surface area contributed by atoms with Gasteiger partial charge in [0.15, 0.2) is 0 Å². The van der Waals surface area contributed by atoms with E-state index >= 15 is 0 Å². The molecule has 3 heterocycles. The average Bonchev–Trinajstić information content (AvgIpc) is 3.56. The summed E-state index contributed by atoms with van der Waals surface area (Å²) in [5, 5.41) is 4.69. The molecule has 2 aromatic heterocycles. The molecule has 5 aromatic rings. The number of methoxy groups -OCH3 is 2. The van der Waals surface area contributed by atoms with E-state index in [9.17, 15) is 26.7 Å². The number of ether oxygens (including phenoxy) is 2. The Morgan fingerprint density at radius 1 is 1.07 bits per heavy atom. The van der Waals surface area contributed by atoms with Gasteiger partial charge in [-0.1, -0.05) is 11.6 Å². The van der Waals surface area contributed by atoms with E-state index in [1.807, 2.05) is 0 Å². The molecule has 1 N–H and O–H groups in total. The first-order valence-corrected chi connectivity index (χ1v) is 13.6. The van der Waals surface area contributed by atoms with Crippen molar-refractivity contribution in [3.8, 4) is 17.4 Å². The number of hydrogen-bond donors (Lipinski definition) is 1. The molecule has 1 aliphatic rings. The van der Waals surface area contributed by atoms with E-state index in [4.69, 9.17) is 21.1 Å². The lowest BCUT2D eigenvalue weighted by atomic mass is 9.91. The zero-order valence-corrected chi connectivity index (χ0v) is 24.1. The zero-order valence-electron chi connectivity index (χ0n) is 23.4. The van der Waals surface area contributed by atoms with Crippen LogP contribution in [0.5, 0.6) is 11.5 Å². The first kappa shape index (κ1) is 29.4. The molecule has 44 heavy (non-hydrogen) atoms. The number of nitrogens with zero attached hydrogens (tertiary/aromatic N) is 4. The molecule has 0 saturated heterocycles. The number of rotatable bonds is 6. The Labute approximate surface area is 252 Å². The number of halogens is 6. The van der Waals surface area contributed by atoms with Crippen LogP contribution in [0.3, 0.4) is 0 Å². The minimum atomic E-state index is -4.79. The topological polar surface area (TPSA) is 85.3 Å². The summed E-state index contributed by atoms with van der Waals surface area (Å²) in [5.74, 6) is -1.23. The molecule has 0 bridgehead atoms. The van der Waals surface area contributed by atoms with E-state index in [-0.39, 0.29) is 46.4 Å². The van der Waals surface area contributed by atoms with Crippen LogP contribution in [0.2, 0.25) is 5.02 Å². The Kier molecular flexibility index (Phi) is 7.23. The van der Waals surface area contributed by atoms with Gasteiger partial charge in [-0.3, -0.25) is 4.79 Å². The Hall–Kier alpha value is -4.65. The molecule has 3 aromatic carbocycles. The van der Waals surface area contributed by atoms with Crippen molar-refractivity contribution in [2.24, 2.45) is 0 Å². The molecule has 0 saturated carbocycles. The Morgan fingerprint density at radius 3 is 2.55 bits per heavy atom. The van der Waals surface area contributed by atoms with Crippen LogP contribution < -0.4 is 9.47 Å². The molecule has 6 rings (SSSR count). The minimum absolute atomic E-state index is 0.00310. The standard InChI is InChI=1S/C30H23ClF5N5O3/c1-14-19-12-25(42)40(13-15-4-6-18(43-2)11-24(15)44-3)27(20-10-17(32)5-7-21(20)31)28(19)41(39-14)29-37-23-9-16(30(34,35)36)8-22(33)26(23)38-29/h4-11,27H,12-13H2,1-3H3,(H,37,38). The van der Waals surface area contributed by atoms with Crippen LogP contribution in [0.25, 0.3) is 17.0 Å². The van der Waals surface area contributed by atoms with Gasteiger partial charge < -0.3 is 19.4 Å². The summed E-state index contributed by atoms with van der Waals surface area (Å²) in [6.07, 6.45) is -4.89. The minimum Gasteiger partial charge on any atom is -0.497 e. The normalized spacial score (nSPS) is 15.2. The van der Waals surface area contributed by atoms with Crippen LogP contribution in [-0.4, -0.2) is 44.8 Å². The second-order valence-electron chi connectivity index (χ2n) is 10.2. The highest BCUT2D eigenvalue weighted by Crippen LogP contribution is 2.43. The molecule has 1 unspecified atom stereocenters. The molecule has 14 heteroatoms. The van der Waals surface area contributed by atoms with Gasteiger partial charge in [0, 0.05) is 27.8 Å². The van der Waals surface area contributed by atoms with Crippen LogP contribution in [-0.2, 0) is 23.9 Å². The smallest absolute Gasteiger partial charge is 0.416 e. The highest BCUT2D eigenvalue weighted by Gasteiger charge is 2.41. The number of alkyl halides is 3. The highest BCUT2D eigenvalue weighted by molar-refractivity contribution is 6.31. The summed E-state index contributed by atoms with van der Waals surface area (Å²) in [7, 11) is 2.97. The van der Waals surface area contributed by atoms with Gasteiger partial charge in [-0.15, -0.1) is 0 Å². The maximum Gasteiger partial charge on any atom is 0.416 e. The van der Waals surface area contributed by atoms with Crippen LogP contribution in [0.1, 0.15) is 39.7 Å². The second kappa shape index (κ2) is 10.8. The van der Waals surface area contributed by atoms with Gasteiger partial charge in [0.1, 0.15) is 34.7 Å². The maximum absolute atomic E-state index is 14.8. The highest BCUT2D eigenvalue weighted by atomic mass is 35.5. The fraction of sp³-hybridized carbons (Fsp3) is 0.233. The molecule has 0 aliphatic carbocycles. The van der Waals surface area contributed by atoms with Crippen molar-refractivity contribution in [2.75, 3.05) is 14.2 Å². The van der Waals surface area contributed by atoms with Crippen molar-refractivity contribution in [1.82, 2.24) is 24.6 Å². The average molecular weight is 632 g/mol. The molecular weight excluding hydrogens is 609 g/mol. The third-order valence-corrected chi connectivity index (χ3v) is 7.94. The summed E-state index contributed by atoms with van der Waals surface area (Å²) in [5.41, 5.74) is 0.376. The monoisotopic (exact) mass is 631 g/mol. The predicted octanol–water partition coefficient (Wildman–Crippen LogP) is 6.70. The van der Waals surface area contributed by atoms with Crippen molar-refractivity contribution < 1.29 is 36.2 Å².